The van der Waals surface area contributed by atoms with Crippen LogP contribution < -0.4 is 5.32 Å². The van der Waals surface area contributed by atoms with Crippen molar-refractivity contribution in [3.63, 3.8) is 0 Å². The number of carbonyl (C=O) groups is 1. The van der Waals surface area contributed by atoms with Gasteiger partial charge < -0.3 is 10.4 Å². The third-order valence-electron chi connectivity index (χ3n) is 3.18. The van der Waals surface area contributed by atoms with Gasteiger partial charge in [0, 0.05) is 17.5 Å². The van der Waals surface area contributed by atoms with Gasteiger partial charge in [0.15, 0.2) is 0 Å². The predicted molar refractivity (Wildman–Crippen MR) is 74.2 cm³/mol. The lowest BCUT2D eigenvalue weighted by Gasteiger charge is -2.21. The van der Waals surface area contributed by atoms with Gasteiger partial charge in [-0.2, -0.15) is 0 Å². The lowest BCUT2D eigenvalue weighted by molar-refractivity contribution is -0.137. The summed E-state index contributed by atoms with van der Waals surface area (Å²) in [5.74, 6) is -0.373. The Hall–Kier alpha value is -1.06. The molecule has 0 amide bonds. The fourth-order valence-corrected chi connectivity index (χ4v) is 1.93. The molecule has 0 aliphatic rings. The molecule has 100 valence electrons. The van der Waals surface area contributed by atoms with E-state index in [1.807, 2.05) is 24.3 Å². The van der Waals surface area contributed by atoms with E-state index in [-0.39, 0.29) is 6.42 Å². The Kier molecular flexibility index (Phi) is 6.16. The Bertz CT molecular complexity index is 378. The molecule has 1 aromatic rings. The molecule has 0 aliphatic heterocycles. The van der Waals surface area contributed by atoms with Crippen molar-refractivity contribution >= 4 is 17.6 Å². The number of nitrogens with one attached hydrogen (secondary N) is 1. The Morgan fingerprint density at radius 3 is 2.50 bits per heavy atom. The average Bonchev–Trinajstić information content (AvgIpc) is 2.34. The third-order valence-corrected chi connectivity index (χ3v) is 3.43. The zero-order valence-corrected chi connectivity index (χ0v) is 11.6. The van der Waals surface area contributed by atoms with Crippen molar-refractivity contribution in [1.29, 1.82) is 0 Å². The summed E-state index contributed by atoms with van der Waals surface area (Å²) in [4.78, 5) is 10.4. The van der Waals surface area contributed by atoms with Gasteiger partial charge in [0.1, 0.15) is 0 Å². The van der Waals surface area contributed by atoms with Gasteiger partial charge in [-0.3, -0.25) is 4.79 Å². The molecule has 0 aliphatic carbocycles. The van der Waals surface area contributed by atoms with Crippen LogP contribution in [-0.4, -0.2) is 23.7 Å². The minimum Gasteiger partial charge on any atom is -0.481 e. The number of rotatable bonds is 7. The van der Waals surface area contributed by atoms with E-state index in [2.05, 4.69) is 19.2 Å². The molecule has 0 saturated heterocycles. The molecule has 18 heavy (non-hydrogen) atoms. The summed E-state index contributed by atoms with van der Waals surface area (Å²) in [6.45, 7) is 4.99. The first kappa shape index (κ1) is 15.0. The molecule has 0 radical (unpaired) electrons. The van der Waals surface area contributed by atoms with Crippen molar-refractivity contribution in [2.45, 2.75) is 38.6 Å². The highest BCUT2D eigenvalue weighted by molar-refractivity contribution is 6.30. The highest BCUT2D eigenvalue weighted by Gasteiger charge is 2.13. The van der Waals surface area contributed by atoms with E-state index in [0.29, 0.717) is 18.4 Å². The van der Waals surface area contributed by atoms with Crippen molar-refractivity contribution in [1.82, 2.24) is 5.32 Å². The van der Waals surface area contributed by atoms with E-state index in [1.165, 1.54) is 5.56 Å². The second-order valence-electron chi connectivity index (χ2n) is 4.58. The number of hydrogen-bond acceptors (Lipinski definition) is 2. The molecular weight excluding hydrogens is 250 g/mol. The molecule has 0 aromatic heterocycles. The molecule has 2 N–H and O–H groups in total. The van der Waals surface area contributed by atoms with Crippen LogP contribution in [0, 0.1) is 0 Å². The van der Waals surface area contributed by atoms with Gasteiger partial charge in [0.25, 0.3) is 0 Å². The second-order valence-corrected chi connectivity index (χ2v) is 5.02. The summed E-state index contributed by atoms with van der Waals surface area (Å²) in [6, 6.07) is 8.15. The highest BCUT2D eigenvalue weighted by Crippen LogP contribution is 2.21. The third kappa shape index (κ3) is 5.07. The molecule has 3 nitrogen and oxygen atoms in total. The van der Waals surface area contributed by atoms with E-state index in [1.54, 1.807) is 0 Å². The van der Waals surface area contributed by atoms with Gasteiger partial charge >= 0.3 is 5.97 Å². The molecule has 2 atom stereocenters. The van der Waals surface area contributed by atoms with Gasteiger partial charge in [-0.25, -0.2) is 0 Å². The molecule has 0 saturated carbocycles. The molecule has 1 rings (SSSR count). The predicted octanol–water partition coefficient (Wildman–Crippen LogP) is 3.29. The zero-order chi connectivity index (χ0) is 13.5. The van der Waals surface area contributed by atoms with E-state index in [0.717, 1.165) is 11.6 Å². The Morgan fingerprint density at radius 1 is 1.33 bits per heavy atom. The SMILES string of the molecule is CC(NCCCC(=O)O)C(C)c1ccc(Cl)cc1. The molecular formula is C14H20ClNO2. The Labute approximate surface area is 113 Å². The minimum absolute atomic E-state index is 0.217. The lowest BCUT2D eigenvalue weighted by atomic mass is 9.94. The first-order chi connectivity index (χ1) is 8.50. The molecule has 4 heteroatoms. The second kappa shape index (κ2) is 7.39. The fourth-order valence-electron chi connectivity index (χ4n) is 1.80. The zero-order valence-electron chi connectivity index (χ0n) is 10.8. The van der Waals surface area contributed by atoms with Crippen molar-refractivity contribution in [2.75, 3.05) is 6.54 Å². The van der Waals surface area contributed by atoms with Crippen LogP contribution >= 0.6 is 11.6 Å². The van der Waals surface area contributed by atoms with Gasteiger partial charge in [0.05, 0.1) is 0 Å². The van der Waals surface area contributed by atoms with Crippen LogP contribution in [0.15, 0.2) is 24.3 Å². The first-order valence-electron chi connectivity index (χ1n) is 6.21. The standard InChI is InChI=1S/C14H20ClNO2/c1-10(12-5-7-13(15)8-6-12)11(2)16-9-3-4-14(17)18/h5-8,10-11,16H,3-4,9H2,1-2H3,(H,17,18). The summed E-state index contributed by atoms with van der Waals surface area (Å²) in [5.41, 5.74) is 1.23. The number of halogens is 1. The molecule has 0 spiro atoms. The van der Waals surface area contributed by atoms with Crippen LogP contribution in [0.1, 0.15) is 38.2 Å². The topological polar surface area (TPSA) is 49.3 Å². The normalized spacial score (nSPS) is 14.2. The van der Waals surface area contributed by atoms with Crippen LogP contribution in [-0.2, 0) is 4.79 Å². The maximum absolute atomic E-state index is 10.4. The number of carboxylic acids is 1. The van der Waals surface area contributed by atoms with Crippen LogP contribution in [0.4, 0.5) is 0 Å². The van der Waals surface area contributed by atoms with E-state index in [4.69, 9.17) is 16.7 Å². The maximum Gasteiger partial charge on any atom is 0.303 e. The maximum atomic E-state index is 10.4. The van der Waals surface area contributed by atoms with Gasteiger partial charge in [-0.15, -0.1) is 0 Å². The first-order valence-corrected chi connectivity index (χ1v) is 6.59. The molecule has 2 unspecified atom stereocenters. The summed E-state index contributed by atoms with van der Waals surface area (Å²) in [6.07, 6.45) is 0.877. The number of aliphatic carboxylic acids is 1. The number of carboxylic acid groups (broad SMARTS) is 1. The number of benzene rings is 1. The molecule has 0 heterocycles. The van der Waals surface area contributed by atoms with Crippen molar-refractivity contribution in [2.24, 2.45) is 0 Å². The highest BCUT2D eigenvalue weighted by atomic mass is 35.5. The summed E-state index contributed by atoms with van der Waals surface area (Å²) in [7, 11) is 0. The minimum atomic E-state index is -0.741. The molecule has 0 bridgehead atoms. The Balaban J connectivity index is 2.38. The van der Waals surface area contributed by atoms with E-state index >= 15 is 0 Å². The van der Waals surface area contributed by atoms with Crippen LogP contribution in [0.3, 0.4) is 0 Å². The molecule has 0 fully saturated rings. The monoisotopic (exact) mass is 269 g/mol. The van der Waals surface area contributed by atoms with Crippen LogP contribution in [0.2, 0.25) is 5.02 Å². The van der Waals surface area contributed by atoms with Crippen LogP contribution in [0.5, 0.6) is 0 Å². The van der Waals surface area contributed by atoms with Gasteiger partial charge in [-0.05, 0) is 43.5 Å². The molecule has 1 aromatic carbocycles. The van der Waals surface area contributed by atoms with Crippen molar-refractivity contribution in [3.8, 4) is 0 Å². The fraction of sp³-hybridized carbons (Fsp3) is 0.500. The largest absolute Gasteiger partial charge is 0.481 e. The van der Waals surface area contributed by atoms with Gasteiger partial charge in [0.2, 0.25) is 0 Å². The summed E-state index contributed by atoms with van der Waals surface area (Å²) >= 11 is 5.86. The number of hydrogen-bond donors (Lipinski definition) is 2. The van der Waals surface area contributed by atoms with Crippen LogP contribution in [0.25, 0.3) is 0 Å². The Morgan fingerprint density at radius 2 is 1.94 bits per heavy atom. The average molecular weight is 270 g/mol. The van der Waals surface area contributed by atoms with E-state index < -0.39 is 5.97 Å². The van der Waals surface area contributed by atoms with Crippen molar-refractivity contribution in [3.05, 3.63) is 34.9 Å². The quantitative estimate of drug-likeness (QED) is 0.747. The van der Waals surface area contributed by atoms with Crippen molar-refractivity contribution < 1.29 is 9.90 Å². The lowest BCUT2D eigenvalue weighted by Crippen LogP contribution is -2.31. The van der Waals surface area contributed by atoms with E-state index in [9.17, 15) is 4.79 Å². The smallest absolute Gasteiger partial charge is 0.303 e. The summed E-state index contributed by atoms with van der Waals surface area (Å²) < 4.78 is 0. The summed E-state index contributed by atoms with van der Waals surface area (Å²) in [5, 5.41) is 12.6. The van der Waals surface area contributed by atoms with Gasteiger partial charge in [-0.1, -0.05) is 30.7 Å².